The lowest BCUT2D eigenvalue weighted by Crippen LogP contribution is -2.57. The molecule has 13 nitrogen and oxygen atoms in total. The molecule has 2 aliphatic rings. The van der Waals surface area contributed by atoms with E-state index in [2.05, 4.69) is 30.8 Å². The van der Waals surface area contributed by atoms with Gasteiger partial charge in [-0.3, -0.25) is 19.2 Å². The molecule has 1 aliphatic heterocycles. The molecule has 208 valence electrons. The fourth-order valence-corrected chi connectivity index (χ4v) is 5.95. The van der Waals surface area contributed by atoms with Crippen molar-refractivity contribution in [3.8, 4) is 0 Å². The minimum atomic E-state index is -1.24. The first-order chi connectivity index (χ1) is 18.6. The highest BCUT2D eigenvalue weighted by Gasteiger charge is 2.38. The van der Waals surface area contributed by atoms with E-state index in [0.717, 1.165) is 23.5 Å². The number of halogens is 1. The molecule has 2 aromatic heterocycles. The largest absolute Gasteiger partial charge is 0.349 e. The summed E-state index contributed by atoms with van der Waals surface area (Å²) in [5.41, 5.74) is 0.903. The second-order valence-corrected chi connectivity index (χ2v) is 11.3. The Labute approximate surface area is 233 Å². The van der Waals surface area contributed by atoms with Gasteiger partial charge in [0.25, 0.3) is 5.91 Å². The van der Waals surface area contributed by atoms with Crippen molar-refractivity contribution in [2.45, 2.75) is 44.3 Å². The number of amides is 4. The average molecular weight is 577 g/mol. The summed E-state index contributed by atoms with van der Waals surface area (Å²) >= 11 is 7.12. The first-order valence-electron chi connectivity index (χ1n) is 12.4. The lowest BCUT2D eigenvalue weighted by atomic mass is 9.81. The van der Waals surface area contributed by atoms with Crippen molar-refractivity contribution < 1.29 is 19.2 Å². The van der Waals surface area contributed by atoms with Gasteiger partial charge in [0.15, 0.2) is 10.8 Å². The Morgan fingerprint density at radius 1 is 1.15 bits per heavy atom. The highest BCUT2D eigenvalue weighted by molar-refractivity contribution is 7.13. The molecule has 4 rings (SSSR count). The van der Waals surface area contributed by atoms with Gasteiger partial charge in [0.05, 0.1) is 22.0 Å². The van der Waals surface area contributed by atoms with Crippen LogP contribution in [0.1, 0.15) is 39.6 Å². The van der Waals surface area contributed by atoms with Crippen LogP contribution < -0.4 is 15.6 Å². The molecular formula is C24H29ClN8O5S. The molecular weight excluding hydrogens is 548 g/mol. The fraction of sp³-hybridized carbons (Fsp3) is 0.500. The molecule has 15 heteroatoms. The molecule has 0 saturated heterocycles. The van der Waals surface area contributed by atoms with E-state index in [0.29, 0.717) is 29.4 Å². The third kappa shape index (κ3) is 6.57. The average Bonchev–Trinajstić information content (AvgIpc) is 3.34. The van der Waals surface area contributed by atoms with E-state index in [1.165, 1.54) is 34.6 Å². The molecule has 0 unspecified atom stereocenters. The summed E-state index contributed by atoms with van der Waals surface area (Å²) in [6.07, 6.45) is 2.98. The van der Waals surface area contributed by atoms with Crippen molar-refractivity contribution >= 4 is 52.4 Å². The SMILES string of the molecule is CN1CCc2nc(C(=O)N[C@@H]3C[C@@H](C(=O)N(C)C)CC[C@@H]3NC(=O)C(=O)N(N=O)c3ccc(Cl)cn3)sc2C1. The number of carbonyl (C=O) groups excluding carboxylic acids is 4. The predicted molar refractivity (Wildman–Crippen MR) is 144 cm³/mol. The quantitative estimate of drug-likeness (QED) is 0.296. The minimum absolute atomic E-state index is 0.0898. The molecule has 39 heavy (non-hydrogen) atoms. The maximum atomic E-state index is 13.2. The number of likely N-dealkylation sites (N-methyl/N-ethyl adjacent to an activating group) is 1. The summed E-state index contributed by atoms with van der Waals surface area (Å²) in [6, 6.07) is 1.34. The number of pyridine rings is 1. The summed E-state index contributed by atoms with van der Waals surface area (Å²) in [4.78, 5) is 76.0. The molecule has 0 aromatic carbocycles. The Morgan fingerprint density at radius 3 is 2.59 bits per heavy atom. The Bertz CT molecular complexity index is 1270. The van der Waals surface area contributed by atoms with E-state index in [1.54, 1.807) is 14.1 Å². The van der Waals surface area contributed by atoms with Crippen LogP contribution in [0.4, 0.5) is 5.82 Å². The zero-order valence-electron chi connectivity index (χ0n) is 21.7. The Morgan fingerprint density at radius 2 is 1.92 bits per heavy atom. The maximum absolute atomic E-state index is 13.2. The van der Waals surface area contributed by atoms with E-state index in [1.807, 2.05) is 7.05 Å². The molecule has 1 saturated carbocycles. The zero-order chi connectivity index (χ0) is 28.3. The molecule has 3 heterocycles. The van der Waals surface area contributed by atoms with Gasteiger partial charge in [-0.15, -0.1) is 21.3 Å². The Hall–Kier alpha value is -3.49. The van der Waals surface area contributed by atoms with Crippen molar-refractivity contribution in [1.82, 2.24) is 30.4 Å². The Kier molecular flexibility index (Phi) is 8.87. The fourth-order valence-electron chi connectivity index (χ4n) is 4.75. The number of rotatable bonds is 6. The van der Waals surface area contributed by atoms with Crippen LogP contribution in [0.5, 0.6) is 0 Å². The van der Waals surface area contributed by atoms with Gasteiger partial charge in [0.1, 0.15) is 0 Å². The molecule has 4 amide bonds. The molecule has 0 radical (unpaired) electrons. The van der Waals surface area contributed by atoms with Gasteiger partial charge >= 0.3 is 11.8 Å². The van der Waals surface area contributed by atoms with E-state index in [-0.39, 0.29) is 29.1 Å². The van der Waals surface area contributed by atoms with Crippen LogP contribution in [0.2, 0.25) is 5.02 Å². The van der Waals surface area contributed by atoms with E-state index < -0.39 is 29.8 Å². The van der Waals surface area contributed by atoms with Gasteiger partial charge in [-0.25, -0.2) is 9.97 Å². The molecule has 2 N–H and O–H groups in total. The third-order valence-corrected chi connectivity index (χ3v) is 8.09. The number of nitrogens with zero attached hydrogens (tertiary/aromatic N) is 6. The number of thiazole rings is 1. The van der Waals surface area contributed by atoms with Crippen LogP contribution in [-0.2, 0) is 27.3 Å². The standard InChI is InChI=1S/C24H29ClN8O5S/c1-31(2)23(36)13-4-6-15(27-21(35)24(37)33(30-38)19-7-5-14(25)11-26-19)17(10-13)28-20(34)22-29-16-8-9-32(3)12-18(16)39-22/h5,7,11,13,15,17H,4,6,8-10,12H2,1-3H3,(H,27,35)(H,28,34)/t13-,15-,17+/m0/s1. The van der Waals surface area contributed by atoms with Gasteiger partial charge in [0, 0.05) is 56.6 Å². The zero-order valence-corrected chi connectivity index (χ0v) is 23.3. The number of nitrogens with one attached hydrogen (secondary N) is 2. The van der Waals surface area contributed by atoms with Gasteiger partial charge in [0.2, 0.25) is 5.91 Å². The summed E-state index contributed by atoms with van der Waals surface area (Å²) in [6.45, 7) is 1.57. The topological polar surface area (TPSA) is 157 Å². The van der Waals surface area contributed by atoms with Crippen molar-refractivity contribution in [1.29, 1.82) is 0 Å². The number of aromatic nitrogens is 2. The minimum Gasteiger partial charge on any atom is -0.349 e. The summed E-state index contributed by atoms with van der Waals surface area (Å²) in [5, 5.41) is 9.10. The van der Waals surface area contributed by atoms with Crippen LogP contribution in [0.25, 0.3) is 0 Å². The summed E-state index contributed by atoms with van der Waals surface area (Å²) < 4.78 is 0. The number of anilines is 1. The summed E-state index contributed by atoms with van der Waals surface area (Å²) in [7, 11) is 5.32. The normalized spacial score (nSPS) is 20.9. The van der Waals surface area contributed by atoms with Crippen LogP contribution in [-0.4, -0.2) is 83.2 Å². The van der Waals surface area contributed by atoms with Gasteiger partial charge in [-0.1, -0.05) is 11.6 Å². The number of carbonyl (C=O) groups is 4. The smallest absolute Gasteiger partial charge is 0.340 e. The number of nitroso groups, excluding NO2 is 1. The highest BCUT2D eigenvalue weighted by atomic mass is 35.5. The lowest BCUT2D eigenvalue weighted by molar-refractivity contribution is -0.138. The summed E-state index contributed by atoms with van der Waals surface area (Å²) in [5.74, 6) is -3.38. The second kappa shape index (κ2) is 12.1. The van der Waals surface area contributed by atoms with Crippen LogP contribution >= 0.6 is 22.9 Å². The number of hydrogen-bond acceptors (Lipinski definition) is 10. The van der Waals surface area contributed by atoms with Crippen molar-refractivity contribution in [3.05, 3.63) is 43.8 Å². The lowest BCUT2D eigenvalue weighted by Gasteiger charge is -2.37. The van der Waals surface area contributed by atoms with Crippen molar-refractivity contribution in [2.75, 3.05) is 32.7 Å². The molecule has 2 aromatic rings. The Balaban J connectivity index is 1.50. The van der Waals surface area contributed by atoms with Gasteiger partial charge < -0.3 is 20.4 Å². The maximum Gasteiger partial charge on any atom is 0.340 e. The number of fused-ring (bicyclic) bond motifs is 1. The van der Waals surface area contributed by atoms with E-state index in [4.69, 9.17) is 11.6 Å². The first kappa shape index (κ1) is 28.5. The van der Waals surface area contributed by atoms with E-state index in [9.17, 15) is 24.1 Å². The van der Waals surface area contributed by atoms with Gasteiger partial charge in [-0.05, 0) is 38.4 Å². The monoisotopic (exact) mass is 576 g/mol. The predicted octanol–water partition coefficient (Wildman–Crippen LogP) is 1.37. The second-order valence-electron chi connectivity index (χ2n) is 9.81. The van der Waals surface area contributed by atoms with Crippen molar-refractivity contribution in [2.24, 2.45) is 11.2 Å². The third-order valence-electron chi connectivity index (χ3n) is 6.79. The number of hydrogen-bond donors (Lipinski definition) is 2. The molecule has 1 fully saturated rings. The highest BCUT2D eigenvalue weighted by Crippen LogP contribution is 2.28. The van der Waals surface area contributed by atoms with Crippen LogP contribution in [0.3, 0.4) is 0 Å². The molecule has 0 spiro atoms. The van der Waals surface area contributed by atoms with Gasteiger partial charge in [-0.2, -0.15) is 0 Å². The first-order valence-corrected chi connectivity index (χ1v) is 13.6. The molecule has 1 aliphatic carbocycles. The van der Waals surface area contributed by atoms with Crippen molar-refractivity contribution in [3.63, 3.8) is 0 Å². The van der Waals surface area contributed by atoms with Crippen LogP contribution in [0.15, 0.2) is 23.6 Å². The van der Waals surface area contributed by atoms with E-state index >= 15 is 0 Å². The molecule has 3 atom stereocenters. The molecule has 0 bridgehead atoms. The van der Waals surface area contributed by atoms with Crippen LogP contribution in [0, 0.1) is 10.8 Å².